The Labute approximate surface area is 110 Å². The number of halogens is 3. The van der Waals surface area contributed by atoms with Gasteiger partial charge in [0.25, 0.3) is 0 Å². The molecule has 1 aromatic rings. The van der Waals surface area contributed by atoms with Crippen LogP contribution in [0.15, 0.2) is 6.07 Å². The van der Waals surface area contributed by atoms with E-state index in [2.05, 4.69) is 20.2 Å². The van der Waals surface area contributed by atoms with Gasteiger partial charge in [-0.25, -0.2) is 9.97 Å². The fourth-order valence-corrected chi connectivity index (χ4v) is 1.30. The number of hydrogen-bond donors (Lipinski definition) is 2. The molecule has 1 aromatic heterocycles. The molecule has 108 valence electrons. The number of rotatable bonds is 5. The molecular formula is C11H18F3N5. The van der Waals surface area contributed by atoms with Crippen molar-refractivity contribution in [2.45, 2.75) is 26.1 Å². The Morgan fingerprint density at radius 1 is 1.37 bits per heavy atom. The first-order chi connectivity index (χ1) is 8.70. The SMILES string of the molecule is CC(C)N(C)CCNc1cc(N)nc(C(F)(F)F)n1. The Hall–Kier alpha value is -1.57. The molecule has 3 N–H and O–H groups in total. The predicted octanol–water partition coefficient (Wildman–Crippen LogP) is 1.83. The van der Waals surface area contributed by atoms with Crippen molar-refractivity contribution in [3.8, 4) is 0 Å². The highest BCUT2D eigenvalue weighted by atomic mass is 19.4. The van der Waals surface area contributed by atoms with Crippen molar-refractivity contribution >= 4 is 11.6 Å². The molecule has 0 amide bonds. The van der Waals surface area contributed by atoms with Gasteiger partial charge in [0.2, 0.25) is 5.82 Å². The van der Waals surface area contributed by atoms with Crippen LogP contribution in [0.1, 0.15) is 19.7 Å². The van der Waals surface area contributed by atoms with Crippen LogP contribution >= 0.6 is 0 Å². The molecule has 0 saturated heterocycles. The van der Waals surface area contributed by atoms with Gasteiger partial charge in [0.05, 0.1) is 0 Å². The van der Waals surface area contributed by atoms with Crippen LogP contribution in [0.3, 0.4) is 0 Å². The van der Waals surface area contributed by atoms with Gasteiger partial charge in [0.15, 0.2) is 0 Å². The van der Waals surface area contributed by atoms with Crippen LogP contribution in [-0.4, -0.2) is 41.0 Å². The molecule has 0 aliphatic heterocycles. The third-order valence-corrected chi connectivity index (χ3v) is 2.65. The van der Waals surface area contributed by atoms with Gasteiger partial charge in [-0.1, -0.05) is 0 Å². The molecular weight excluding hydrogens is 259 g/mol. The summed E-state index contributed by atoms with van der Waals surface area (Å²) >= 11 is 0. The lowest BCUT2D eigenvalue weighted by Gasteiger charge is -2.21. The van der Waals surface area contributed by atoms with Gasteiger partial charge in [0, 0.05) is 25.2 Å². The van der Waals surface area contributed by atoms with E-state index >= 15 is 0 Å². The molecule has 19 heavy (non-hydrogen) atoms. The lowest BCUT2D eigenvalue weighted by atomic mass is 10.3. The molecule has 0 unspecified atom stereocenters. The van der Waals surface area contributed by atoms with Crippen molar-refractivity contribution in [1.82, 2.24) is 14.9 Å². The minimum Gasteiger partial charge on any atom is -0.384 e. The molecule has 0 fully saturated rings. The highest BCUT2D eigenvalue weighted by Gasteiger charge is 2.35. The monoisotopic (exact) mass is 277 g/mol. The Morgan fingerprint density at radius 2 is 2.00 bits per heavy atom. The van der Waals surface area contributed by atoms with E-state index in [9.17, 15) is 13.2 Å². The van der Waals surface area contributed by atoms with Crippen molar-refractivity contribution in [2.75, 3.05) is 31.2 Å². The number of likely N-dealkylation sites (N-methyl/N-ethyl adjacent to an activating group) is 1. The average Bonchev–Trinajstić information content (AvgIpc) is 2.26. The van der Waals surface area contributed by atoms with Crippen molar-refractivity contribution in [3.05, 3.63) is 11.9 Å². The second-order valence-corrected chi connectivity index (χ2v) is 4.50. The summed E-state index contributed by atoms with van der Waals surface area (Å²) in [7, 11) is 1.93. The van der Waals surface area contributed by atoms with Crippen molar-refractivity contribution in [2.24, 2.45) is 0 Å². The molecule has 0 bridgehead atoms. The third-order valence-electron chi connectivity index (χ3n) is 2.65. The highest BCUT2D eigenvalue weighted by Crippen LogP contribution is 2.27. The lowest BCUT2D eigenvalue weighted by Crippen LogP contribution is -2.31. The number of aromatic nitrogens is 2. The molecule has 0 spiro atoms. The molecule has 0 saturated carbocycles. The summed E-state index contributed by atoms with van der Waals surface area (Å²) < 4.78 is 37.5. The normalized spacial score (nSPS) is 12.2. The first-order valence-electron chi connectivity index (χ1n) is 5.86. The Bertz CT molecular complexity index is 419. The van der Waals surface area contributed by atoms with E-state index in [1.807, 2.05) is 20.9 Å². The maximum Gasteiger partial charge on any atom is 0.451 e. The maximum atomic E-state index is 12.5. The Kier molecular flexibility index (Phi) is 4.93. The second kappa shape index (κ2) is 6.05. The average molecular weight is 277 g/mol. The van der Waals surface area contributed by atoms with Gasteiger partial charge in [-0.2, -0.15) is 13.2 Å². The number of alkyl halides is 3. The second-order valence-electron chi connectivity index (χ2n) is 4.50. The molecule has 0 aromatic carbocycles. The third kappa shape index (κ3) is 4.90. The van der Waals surface area contributed by atoms with Crippen LogP contribution in [0.4, 0.5) is 24.8 Å². The van der Waals surface area contributed by atoms with E-state index in [4.69, 9.17) is 5.73 Å². The van der Waals surface area contributed by atoms with Crippen LogP contribution in [0, 0.1) is 0 Å². The van der Waals surface area contributed by atoms with Crippen LogP contribution in [-0.2, 0) is 6.18 Å². The van der Waals surface area contributed by atoms with Crippen LogP contribution in [0.25, 0.3) is 0 Å². The highest BCUT2D eigenvalue weighted by molar-refractivity contribution is 5.44. The van der Waals surface area contributed by atoms with Crippen LogP contribution in [0.5, 0.6) is 0 Å². The predicted molar refractivity (Wildman–Crippen MR) is 67.7 cm³/mol. The molecule has 5 nitrogen and oxygen atoms in total. The summed E-state index contributed by atoms with van der Waals surface area (Å²) in [4.78, 5) is 8.63. The van der Waals surface area contributed by atoms with E-state index < -0.39 is 12.0 Å². The summed E-state index contributed by atoms with van der Waals surface area (Å²) in [6, 6.07) is 1.65. The number of nitrogens with one attached hydrogen (secondary N) is 1. The summed E-state index contributed by atoms with van der Waals surface area (Å²) in [6.45, 7) is 5.22. The molecule has 0 aliphatic rings. The zero-order valence-corrected chi connectivity index (χ0v) is 11.1. The number of hydrogen-bond acceptors (Lipinski definition) is 5. The van der Waals surface area contributed by atoms with Gasteiger partial charge in [-0.05, 0) is 20.9 Å². The van der Waals surface area contributed by atoms with E-state index in [0.717, 1.165) is 0 Å². The van der Waals surface area contributed by atoms with Gasteiger partial charge in [0.1, 0.15) is 11.6 Å². The van der Waals surface area contributed by atoms with Crippen LogP contribution in [0.2, 0.25) is 0 Å². The Balaban J connectivity index is 2.67. The number of nitrogen functional groups attached to an aromatic ring is 1. The topological polar surface area (TPSA) is 67.1 Å². The fourth-order valence-electron chi connectivity index (χ4n) is 1.30. The summed E-state index contributed by atoms with van der Waals surface area (Å²) in [6.07, 6.45) is -4.60. The zero-order valence-electron chi connectivity index (χ0n) is 11.1. The fraction of sp³-hybridized carbons (Fsp3) is 0.636. The van der Waals surface area contributed by atoms with Gasteiger partial charge in [-0.3, -0.25) is 0 Å². The Morgan fingerprint density at radius 3 is 2.53 bits per heavy atom. The minimum atomic E-state index is -4.60. The maximum absolute atomic E-state index is 12.5. The molecule has 1 heterocycles. The largest absolute Gasteiger partial charge is 0.451 e. The summed E-state index contributed by atoms with van der Waals surface area (Å²) in [5, 5.41) is 2.81. The molecule has 1 rings (SSSR count). The quantitative estimate of drug-likeness (QED) is 0.859. The zero-order chi connectivity index (χ0) is 14.6. The van der Waals surface area contributed by atoms with Crippen molar-refractivity contribution in [1.29, 1.82) is 0 Å². The molecule has 8 heteroatoms. The molecule has 0 atom stereocenters. The first kappa shape index (κ1) is 15.5. The number of nitrogens with two attached hydrogens (primary N) is 1. The summed E-state index contributed by atoms with van der Waals surface area (Å²) in [5.74, 6) is -1.36. The van der Waals surface area contributed by atoms with Crippen molar-refractivity contribution < 1.29 is 13.2 Å². The van der Waals surface area contributed by atoms with Gasteiger partial charge < -0.3 is 16.0 Å². The number of anilines is 2. The number of nitrogens with zero attached hydrogens (tertiary/aromatic N) is 3. The standard InChI is InChI=1S/C11H18F3N5/c1-7(2)19(3)5-4-16-9-6-8(15)17-10(18-9)11(12,13)14/h6-7H,4-5H2,1-3H3,(H3,15,16,17,18). The van der Waals surface area contributed by atoms with Crippen LogP contribution < -0.4 is 11.1 Å². The molecule has 0 radical (unpaired) electrons. The van der Waals surface area contributed by atoms with E-state index in [1.165, 1.54) is 6.07 Å². The summed E-state index contributed by atoms with van der Waals surface area (Å²) in [5.41, 5.74) is 5.33. The van der Waals surface area contributed by atoms with E-state index in [0.29, 0.717) is 19.1 Å². The van der Waals surface area contributed by atoms with Gasteiger partial charge in [-0.15, -0.1) is 0 Å². The first-order valence-corrected chi connectivity index (χ1v) is 5.86. The molecule has 0 aliphatic carbocycles. The van der Waals surface area contributed by atoms with Gasteiger partial charge >= 0.3 is 6.18 Å². The lowest BCUT2D eigenvalue weighted by molar-refractivity contribution is -0.144. The minimum absolute atomic E-state index is 0.0805. The van der Waals surface area contributed by atoms with Crippen molar-refractivity contribution in [3.63, 3.8) is 0 Å². The van der Waals surface area contributed by atoms with E-state index in [1.54, 1.807) is 0 Å². The van der Waals surface area contributed by atoms with E-state index in [-0.39, 0.29) is 11.6 Å². The smallest absolute Gasteiger partial charge is 0.384 e.